The Morgan fingerprint density at radius 1 is 0.591 bits per heavy atom. The van der Waals surface area contributed by atoms with E-state index in [0.717, 1.165) is 5.56 Å². The second-order valence-electron chi connectivity index (χ2n) is 5.28. The van der Waals surface area contributed by atoms with Gasteiger partial charge in [-0.2, -0.15) is 0 Å². The summed E-state index contributed by atoms with van der Waals surface area (Å²) in [5.41, 5.74) is 4.68. The lowest BCUT2D eigenvalue weighted by Gasteiger charge is -2.15. The molecule has 106 valence electrons. The highest BCUT2D eigenvalue weighted by molar-refractivity contribution is 7.93. The first-order chi connectivity index (χ1) is 10.8. The smallest absolute Gasteiger partial charge is 0.0622 e. The molecule has 0 aliphatic heterocycles. The summed E-state index contributed by atoms with van der Waals surface area (Å²) < 4.78 is 0. The van der Waals surface area contributed by atoms with Crippen LogP contribution >= 0.6 is 7.26 Å². The van der Waals surface area contributed by atoms with E-state index in [9.17, 15) is 0 Å². The van der Waals surface area contributed by atoms with Gasteiger partial charge >= 0.3 is 0 Å². The van der Waals surface area contributed by atoms with Gasteiger partial charge in [0.2, 0.25) is 0 Å². The van der Waals surface area contributed by atoms with E-state index in [1.165, 1.54) is 10.6 Å². The molecule has 3 aromatic carbocycles. The molecule has 22 heavy (non-hydrogen) atoms. The zero-order valence-corrected chi connectivity index (χ0v) is 13.5. The monoisotopic (exact) mass is 301 g/mol. The third-order valence-electron chi connectivity index (χ3n) is 3.74. The molecule has 0 amide bonds. The Morgan fingerprint density at radius 3 is 1.45 bits per heavy atom. The molecule has 0 fully saturated rings. The average Bonchev–Trinajstić information content (AvgIpc) is 2.62. The fourth-order valence-electron chi connectivity index (χ4n) is 2.43. The molecule has 0 bridgehead atoms. The summed E-state index contributed by atoms with van der Waals surface area (Å²) in [4.78, 5) is 0. The molecule has 0 unspecified atom stereocenters. The zero-order valence-electron chi connectivity index (χ0n) is 12.6. The van der Waals surface area contributed by atoms with E-state index < -0.39 is 7.26 Å². The molecular weight excluding hydrogens is 283 g/mol. The molecule has 0 atom stereocenters. The Morgan fingerprint density at radius 2 is 1.00 bits per heavy atom. The van der Waals surface area contributed by atoms with Gasteiger partial charge < -0.3 is 0 Å². The first-order valence-corrected chi connectivity index (χ1v) is 9.59. The van der Waals surface area contributed by atoms with Crippen molar-refractivity contribution < 1.29 is 0 Å². The van der Waals surface area contributed by atoms with Crippen LogP contribution in [0.5, 0.6) is 0 Å². The summed E-state index contributed by atoms with van der Waals surface area (Å²) in [6.07, 6.45) is 0. The normalized spacial score (nSPS) is 10.6. The Bertz CT molecular complexity index is 741. The van der Waals surface area contributed by atoms with E-state index in [-0.39, 0.29) is 0 Å². The van der Waals surface area contributed by atoms with E-state index in [0.29, 0.717) is 0 Å². The number of hydrogen-bond donors (Lipinski definition) is 0. The van der Waals surface area contributed by atoms with Crippen molar-refractivity contribution in [2.45, 2.75) is 0 Å². The van der Waals surface area contributed by atoms with Gasteiger partial charge in [0.1, 0.15) is 10.6 Å². The fourth-order valence-corrected chi connectivity index (χ4v) is 4.87. The molecule has 0 aliphatic carbocycles. The van der Waals surface area contributed by atoms with E-state index in [1.807, 2.05) is 18.2 Å². The zero-order chi connectivity index (χ0) is 15.3. The lowest BCUT2D eigenvalue weighted by molar-refractivity contribution is 1.65. The maximum absolute atomic E-state index is 3.61. The molecule has 0 saturated heterocycles. The summed E-state index contributed by atoms with van der Waals surface area (Å²) in [6.45, 7) is 2.30. The highest BCUT2D eigenvalue weighted by atomic mass is 31.2. The highest BCUT2D eigenvalue weighted by Crippen LogP contribution is 2.51. The third-order valence-corrected chi connectivity index (χ3v) is 6.96. The van der Waals surface area contributed by atoms with Crippen molar-refractivity contribution in [3.63, 3.8) is 0 Å². The van der Waals surface area contributed by atoms with Gasteiger partial charge in [0.05, 0.1) is 12.3 Å². The Balaban J connectivity index is 2.11. The standard InChI is InChI=1S/C21H18P/c1-22(20-13-7-3-8-14-20,21-15-9-4-10-16-21)18-17-19-11-5-2-6-12-19/h2-16H,1H3/q+1. The number of rotatable bonds is 2. The van der Waals surface area contributed by atoms with Crippen LogP contribution in [0.1, 0.15) is 5.56 Å². The molecule has 3 aromatic rings. The van der Waals surface area contributed by atoms with Crippen LogP contribution in [0.4, 0.5) is 0 Å². The summed E-state index contributed by atoms with van der Waals surface area (Å²) >= 11 is 0. The van der Waals surface area contributed by atoms with Gasteiger partial charge in [0.15, 0.2) is 7.26 Å². The molecule has 0 heterocycles. The summed E-state index contributed by atoms with van der Waals surface area (Å²) in [7, 11) is -1.70. The van der Waals surface area contributed by atoms with Crippen LogP contribution in [0.25, 0.3) is 0 Å². The van der Waals surface area contributed by atoms with Gasteiger partial charge in [0, 0.05) is 5.56 Å². The van der Waals surface area contributed by atoms with E-state index in [1.54, 1.807) is 0 Å². The van der Waals surface area contributed by atoms with Crippen LogP contribution in [-0.2, 0) is 0 Å². The predicted molar refractivity (Wildman–Crippen MR) is 98.3 cm³/mol. The van der Waals surface area contributed by atoms with Crippen molar-refractivity contribution in [3.05, 3.63) is 96.6 Å². The van der Waals surface area contributed by atoms with Gasteiger partial charge in [-0.25, -0.2) is 0 Å². The lowest BCUT2D eigenvalue weighted by Crippen LogP contribution is -2.19. The minimum Gasteiger partial charge on any atom is -0.0622 e. The summed E-state index contributed by atoms with van der Waals surface area (Å²) in [5.74, 6) is 3.38. The Labute approximate surface area is 133 Å². The average molecular weight is 301 g/mol. The van der Waals surface area contributed by atoms with Crippen LogP contribution in [0.3, 0.4) is 0 Å². The van der Waals surface area contributed by atoms with Gasteiger partial charge in [-0.15, -0.1) is 0 Å². The predicted octanol–water partition coefficient (Wildman–Crippen LogP) is 4.29. The Kier molecular flexibility index (Phi) is 4.38. The maximum atomic E-state index is 3.61. The van der Waals surface area contributed by atoms with Crippen LogP contribution < -0.4 is 10.6 Å². The first kappa shape index (κ1) is 14.6. The number of hydrogen-bond acceptors (Lipinski definition) is 0. The van der Waals surface area contributed by atoms with Gasteiger partial charge in [-0.05, 0) is 42.3 Å². The van der Waals surface area contributed by atoms with Gasteiger partial charge in [-0.3, -0.25) is 0 Å². The second-order valence-corrected chi connectivity index (χ2v) is 8.55. The van der Waals surface area contributed by atoms with Crippen molar-refractivity contribution >= 4 is 17.9 Å². The quantitative estimate of drug-likeness (QED) is 0.489. The molecular formula is C21H18P+. The minimum absolute atomic E-state index is 1.07. The van der Waals surface area contributed by atoms with Gasteiger partial charge in [0.25, 0.3) is 0 Å². The van der Waals surface area contributed by atoms with Crippen LogP contribution in [0.15, 0.2) is 91.0 Å². The molecule has 0 spiro atoms. The molecule has 0 N–H and O–H groups in total. The molecule has 0 saturated carbocycles. The highest BCUT2D eigenvalue weighted by Gasteiger charge is 2.36. The molecule has 0 aromatic heterocycles. The maximum Gasteiger partial charge on any atom is 0.154 e. The SMILES string of the molecule is C[P+](C#Cc1ccccc1)(c1ccccc1)c1ccccc1. The third kappa shape index (κ3) is 3.11. The summed E-state index contributed by atoms with van der Waals surface area (Å²) in [5, 5.41) is 2.65. The van der Waals surface area contributed by atoms with Crippen molar-refractivity contribution in [1.82, 2.24) is 0 Å². The minimum atomic E-state index is -1.70. The van der Waals surface area contributed by atoms with Crippen LogP contribution in [0, 0.1) is 11.6 Å². The van der Waals surface area contributed by atoms with E-state index >= 15 is 0 Å². The van der Waals surface area contributed by atoms with Gasteiger partial charge in [-0.1, -0.05) is 54.6 Å². The number of benzene rings is 3. The van der Waals surface area contributed by atoms with Crippen molar-refractivity contribution in [2.24, 2.45) is 0 Å². The first-order valence-electron chi connectivity index (χ1n) is 7.35. The molecule has 0 nitrogen and oxygen atoms in total. The molecule has 0 aliphatic rings. The van der Waals surface area contributed by atoms with Crippen LogP contribution in [-0.4, -0.2) is 6.66 Å². The molecule has 1 heteroatoms. The van der Waals surface area contributed by atoms with E-state index in [4.69, 9.17) is 0 Å². The largest absolute Gasteiger partial charge is 0.154 e. The van der Waals surface area contributed by atoms with Crippen molar-refractivity contribution in [2.75, 3.05) is 6.66 Å². The fraction of sp³-hybridized carbons (Fsp3) is 0.0476. The van der Waals surface area contributed by atoms with Crippen LogP contribution in [0.2, 0.25) is 0 Å². The lowest BCUT2D eigenvalue weighted by atomic mass is 10.2. The second kappa shape index (κ2) is 6.61. The molecule has 0 radical (unpaired) electrons. The van der Waals surface area contributed by atoms with E-state index in [2.05, 4.69) is 91.0 Å². The topological polar surface area (TPSA) is 0 Å². The van der Waals surface area contributed by atoms with Crippen molar-refractivity contribution in [1.29, 1.82) is 0 Å². The summed E-state index contributed by atoms with van der Waals surface area (Å²) in [6, 6.07) is 31.5. The molecule has 3 rings (SSSR count). The van der Waals surface area contributed by atoms with Crippen molar-refractivity contribution in [3.8, 4) is 11.6 Å². The Hall–Kier alpha value is -2.35.